The molecular weight excluding hydrogens is 392 g/mol. The van der Waals surface area contributed by atoms with E-state index in [1.54, 1.807) is 0 Å². The molecule has 0 saturated heterocycles. The Kier molecular flexibility index (Phi) is 5.58. The van der Waals surface area contributed by atoms with Crippen LogP contribution in [0.4, 0.5) is 10.5 Å². The number of amides is 2. The Bertz CT molecular complexity index is 1290. The number of benzene rings is 2. The van der Waals surface area contributed by atoms with Crippen LogP contribution in [0.25, 0.3) is 27.7 Å². The summed E-state index contributed by atoms with van der Waals surface area (Å²) in [5.74, 6) is -0.0600. The molecule has 2 N–H and O–H groups in total. The number of rotatable bonds is 5. The summed E-state index contributed by atoms with van der Waals surface area (Å²) in [6.45, 7) is 4.09. The van der Waals surface area contributed by atoms with Crippen molar-refractivity contribution in [3.8, 4) is 11.3 Å². The maximum Gasteiger partial charge on any atom is 0.411 e. The Morgan fingerprint density at radius 2 is 1.94 bits per heavy atom. The fourth-order valence-corrected chi connectivity index (χ4v) is 3.76. The zero-order chi connectivity index (χ0) is 22.0. The molecule has 2 amide bonds. The highest BCUT2D eigenvalue weighted by Gasteiger charge is 2.17. The van der Waals surface area contributed by atoms with Crippen molar-refractivity contribution in [2.45, 2.75) is 20.3 Å². The van der Waals surface area contributed by atoms with Gasteiger partial charge >= 0.3 is 6.09 Å². The van der Waals surface area contributed by atoms with Gasteiger partial charge in [-0.3, -0.25) is 10.1 Å². The van der Waals surface area contributed by atoms with Gasteiger partial charge in [0.25, 0.3) is 0 Å². The third-order valence-electron chi connectivity index (χ3n) is 5.28. The second-order valence-electron chi connectivity index (χ2n) is 7.38. The molecule has 0 unspecified atom stereocenters. The van der Waals surface area contributed by atoms with E-state index in [0.717, 1.165) is 38.9 Å². The molecule has 4 rings (SSSR count). The molecule has 0 spiro atoms. The molecule has 0 aliphatic rings. The molecule has 0 aliphatic heterocycles. The molecule has 4 aromatic rings. The van der Waals surface area contributed by atoms with Gasteiger partial charge in [-0.05, 0) is 36.1 Å². The van der Waals surface area contributed by atoms with Gasteiger partial charge in [-0.2, -0.15) is 0 Å². The lowest BCUT2D eigenvalue weighted by Gasteiger charge is -2.09. The van der Waals surface area contributed by atoms with Crippen LogP contribution < -0.4 is 10.6 Å². The number of imidazole rings is 1. The molecular formula is C24H24N4O3. The van der Waals surface area contributed by atoms with E-state index in [1.165, 1.54) is 14.0 Å². The number of aromatic nitrogens is 2. The molecule has 2 aromatic carbocycles. The Balaban J connectivity index is 1.91. The molecule has 0 saturated carbocycles. The van der Waals surface area contributed by atoms with E-state index in [9.17, 15) is 9.59 Å². The van der Waals surface area contributed by atoms with E-state index in [1.807, 2.05) is 42.6 Å². The molecule has 2 heterocycles. The number of methoxy groups -OCH3 is 1. The van der Waals surface area contributed by atoms with Gasteiger partial charge in [-0.25, -0.2) is 9.78 Å². The number of pyridine rings is 1. The quantitative estimate of drug-likeness (QED) is 0.507. The lowest BCUT2D eigenvalue weighted by atomic mass is 10.0. The van der Waals surface area contributed by atoms with Gasteiger partial charge in [-0.1, -0.05) is 30.3 Å². The van der Waals surface area contributed by atoms with Gasteiger partial charge in [0, 0.05) is 42.7 Å². The summed E-state index contributed by atoms with van der Waals surface area (Å²) in [4.78, 5) is 28.1. The SMILES string of the molecule is COC(=O)Nc1ccc2ccn3c(CCNC(C)=O)c(-c4ccccc4C)nc3c2c1. The number of carbonyl (C=O) groups excluding carboxylic acids is 2. The van der Waals surface area contributed by atoms with Crippen molar-refractivity contribution in [1.82, 2.24) is 14.7 Å². The summed E-state index contributed by atoms with van der Waals surface area (Å²) in [7, 11) is 1.33. The highest BCUT2D eigenvalue weighted by molar-refractivity contribution is 5.99. The molecule has 0 bridgehead atoms. The smallest absolute Gasteiger partial charge is 0.411 e. The second kappa shape index (κ2) is 8.47. The second-order valence-corrected chi connectivity index (χ2v) is 7.38. The summed E-state index contributed by atoms with van der Waals surface area (Å²) in [5.41, 5.74) is 5.52. The van der Waals surface area contributed by atoms with Crippen LogP contribution in [0.15, 0.2) is 54.7 Å². The van der Waals surface area contributed by atoms with Crippen LogP contribution in [0.1, 0.15) is 18.2 Å². The maximum absolute atomic E-state index is 11.6. The van der Waals surface area contributed by atoms with Gasteiger partial charge in [0.05, 0.1) is 18.5 Å². The fraction of sp³-hybridized carbons (Fsp3) is 0.208. The largest absolute Gasteiger partial charge is 0.453 e. The molecule has 31 heavy (non-hydrogen) atoms. The van der Waals surface area contributed by atoms with Gasteiger partial charge in [0.2, 0.25) is 5.91 Å². The van der Waals surface area contributed by atoms with Gasteiger partial charge < -0.3 is 14.5 Å². The summed E-state index contributed by atoms with van der Waals surface area (Å²) >= 11 is 0. The molecule has 0 radical (unpaired) electrons. The number of hydrogen-bond acceptors (Lipinski definition) is 4. The minimum Gasteiger partial charge on any atom is -0.453 e. The first-order valence-corrected chi connectivity index (χ1v) is 10.1. The molecule has 158 valence electrons. The predicted octanol–water partition coefficient (Wildman–Crippen LogP) is 4.32. The van der Waals surface area contributed by atoms with E-state index >= 15 is 0 Å². The highest BCUT2D eigenvalue weighted by Crippen LogP contribution is 2.31. The average molecular weight is 416 g/mol. The van der Waals surface area contributed by atoms with Crippen LogP contribution in [0, 0.1) is 6.92 Å². The zero-order valence-electron chi connectivity index (χ0n) is 17.7. The summed E-state index contributed by atoms with van der Waals surface area (Å²) in [5, 5.41) is 7.51. The Morgan fingerprint density at radius 3 is 2.68 bits per heavy atom. The molecule has 7 heteroatoms. The number of carbonyl (C=O) groups is 2. The lowest BCUT2D eigenvalue weighted by Crippen LogP contribution is -2.23. The number of aryl methyl sites for hydroxylation is 1. The number of nitrogens with zero attached hydrogens (tertiary/aromatic N) is 2. The van der Waals surface area contributed by atoms with E-state index in [2.05, 4.69) is 34.1 Å². The minimum absolute atomic E-state index is 0.0600. The monoisotopic (exact) mass is 416 g/mol. The van der Waals surface area contributed by atoms with Crippen molar-refractivity contribution in [1.29, 1.82) is 0 Å². The van der Waals surface area contributed by atoms with Crippen LogP contribution in [0.2, 0.25) is 0 Å². The van der Waals surface area contributed by atoms with Crippen LogP contribution in [-0.4, -0.2) is 35.0 Å². The molecule has 0 aliphatic carbocycles. The third kappa shape index (κ3) is 4.07. The van der Waals surface area contributed by atoms with Crippen molar-refractivity contribution in [3.63, 3.8) is 0 Å². The van der Waals surface area contributed by atoms with Crippen molar-refractivity contribution < 1.29 is 14.3 Å². The topological polar surface area (TPSA) is 84.7 Å². The first kappa shape index (κ1) is 20.4. The zero-order valence-corrected chi connectivity index (χ0v) is 17.7. The standard InChI is InChI=1S/C24H24N4O3/c1-15-6-4-5-7-19(15)22-21(10-12-25-16(2)29)28-13-11-17-8-9-18(26-24(30)31-3)14-20(17)23(28)27-22/h4-9,11,13-14H,10,12H2,1-3H3,(H,25,29)(H,26,30). The maximum atomic E-state index is 11.6. The van der Waals surface area contributed by atoms with Crippen LogP contribution >= 0.6 is 0 Å². The Morgan fingerprint density at radius 1 is 1.13 bits per heavy atom. The van der Waals surface area contributed by atoms with Gasteiger partial charge in [0.1, 0.15) is 5.65 Å². The fourth-order valence-electron chi connectivity index (χ4n) is 3.76. The molecule has 7 nitrogen and oxygen atoms in total. The highest BCUT2D eigenvalue weighted by atomic mass is 16.5. The van der Waals surface area contributed by atoms with Crippen LogP contribution in [0.5, 0.6) is 0 Å². The first-order chi connectivity index (χ1) is 15.0. The molecule has 0 atom stereocenters. The van der Waals surface area contributed by atoms with Crippen LogP contribution in [-0.2, 0) is 16.0 Å². The van der Waals surface area contributed by atoms with E-state index in [0.29, 0.717) is 18.7 Å². The first-order valence-electron chi connectivity index (χ1n) is 10.1. The Hall–Kier alpha value is -3.87. The summed E-state index contributed by atoms with van der Waals surface area (Å²) < 4.78 is 6.77. The number of ether oxygens (including phenoxy) is 1. The predicted molar refractivity (Wildman–Crippen MR) is 121 cm³/mol. The number of hydrogen-bond donors (Lipinski definition) is 2. The normalized spacial score (nSPS) is 10.9. The lowest BCUT2D eigenvalue weighted by molar-refractivity contribution is -0.118. The van der Waals surface area contributed by atoms with E-state index < -0.39 is 6.09 Å². The van der Waals surface area contributed by atoms with Crippen molar-refractivity contribution in [2.75, 3.05) is 19.0 Å². The van der Waals surface area contributed by atoms with E-state index in [-0.39, 0.29) is 5.91 Å². The number of nitrogens with one attached hydrogen (secondary N) is 2. The summed E-state index contributed by atoms with van der Waals surface area (Å²) in [6.07, 6.45) is 2.12. The number of anilines is 1. The summed E-state index contributed by atoms with van der Waals surface area (Å²) in [6, 6.07) is 15.8. The van der Waals surface area contributed by atoms with Crippen molar-refractivity contribution in [3.05, 3.63) is 66.0 Å². The minimum atomic E-state index is -0.522. The molecule has 0 fully saturated rings. The van der Waals surface area contributed by atoms with Crippen molar-refractivity contribution >= 4 is 34.1 Å². The van der Waals surface area contributed by atoms with E-state index in [4.69, 9.17) is 9.72 Å². The van der Waals surface area contributed by atoms with Gasteiger partial charge in [0.15, 0.2) is 0 Å². The average Bonchev–Trinajstić information content (AvgIpc) is 3.12. The molecule has 2 aromatic heterocycles. The van der Waals surface area contributed by atoms with Gasteiger partial charge in [-0.15, -0.1) is 0 Å². The Labute approximate surface area is 180 Å². The van der Waals surface area contributed by atoms with Crippen molar-refractivity contribution in [2.24, 2.45) is 0 Å². The number of fused-ring (bicyclic) bond motifs is 3. The third-order valence-corrected chi connectivity index (χ3v) is 5.28. The van der Waals surface area contributed by atoms with Crippen LogP contribution in [0.3, 0.4) is 0 Å².